The lowest BCUT2D eigenvalue weighted by Crippen LogP contribution is -2.48. The summed E-state index contributed by atoms with van der Waals surface area (Å²) >= 11 is 0. The monoisotopic (exact) mass is 321 g/mol. The van der Waals surface area contributed by atoms with E-state index in [0.717, 1.165) is 11.6 Å². The minimum atomic E-state index is -1.52. The van der Waals surface area contributed by atoms with Gasteiger partial charge in [-0.3, -0.25) is 4.79 Å². The zero-order valence-corrected chi connectivity index (χ0v) is 12.7. The molecule has 0 saturated heterocycles. The SMILES string of the molecule is C=C[C@@H](C(=O)OCC)[C@@H](NC(=O)OCc1ccccc1)C(=O)O. The van der Waals surface area contributed by atoms with Crippen molar-refractivity contribution in [2.75, 3.05) is 6.61 Å². The normalized spacial score (nSPS) is 12.6. The average molecular weight is 321 g/mol. The van der Waals surface area contributed by atoms with E-state index in [1.54, 1.807) is 31.2 Å². The number of aliphatic carboxylic acids is 1. The molecule has 0 spiro atoms. The van der Waals surface area contributed by atoms with Gasteiger partial charge in [-0.05, 0) is 12.5 Å². The molecule has 0 aliphatic rings. The van der Waals surface area contributed by atoms with Crippen molar-refractivity contribution in [2.45, 2.75) is 19.6 Å². The maximum Gasteiger partial charge on any atom is 0.408 e. The third-order valence-electron chi connectivity index (χ3n) is 2.92. The molecular formula is C16H19NO6. The highest BCUT2D eigenvalue weighted by molar-refractivity contribution is 5.87. The molecule has 2 N–H and O–H groups in total. The minimum Gasteiger partial charge on any atom is -0.480 e. The number of ether oxygens (including phenoxy) is 2. The van der Waals surface area contributed by atoms with Crippen LogP contribution in [-0.4, -0.2) is 35.8 Å². The van der Waals surface area contributed by atoms with E-state index in [9.17, 15) is 19.5 Å². The Bertz CT molecular complexity index is 557. The Kier molecular flexibility index (Phi) is 7.32. The van der Waals surface area contributed by atoms with Crippen LogP contribution in [0.2, 0.25) is 0 Å². The summed E-state index contributed by atoms with van der Waals surface area (Å²) in [5.74, 6) is -3.38. The first kappa shape index (κ1) is 18.2. The summed E-state index contributed by atoms with van der Waals surface area (Å²) in [4.78, 5) is 34.8. The lowest BCUT2D eigenvalue weighted by molar-refractivity contribution is -0.152. The molecule has 0 aliphatic carbocycles. The molecule has 2 atom stereocenters. The molecule has 0 aliphatic heterocycles. The van der Waals surface area contributed by atoms with Crippen molar-refractivity contribution in [2.24, 2.45) is 5.92 Å². The van der Waals surface area contributed by atoms with Crippen molar-refractivity contribution in [1.29, 1.82) is 0 Å². The van der Waals surface area contributed by atoms with E-state index in [1.165, 1.54) is 0 Å². The molecule has 0 bridgehead atoms. The minimum absolute atomic E-state index is 0.0167. The van der Waals surface area contributed by atoms with Gasteiger partial charge in [0, 0.05) is 0 Å². The number of carbonyl (C=O) groups excluding carboxylic acids is 2. The van der Waals surface area contributed by atoms with Gasteiger partial charge < -0.3 is 19.9 Å². The summed E-state index contributed by atoms with van der Waals surface area (Å²) in [6.45, 7) is 5.08. The highest BCUT2D eigenvalue weighted by Gasteiger charge is 2.34. The first-order chi connectivity index (χ1) is 11.0. The van der Waals surface area contributed by atoms with Crippen LogP contribution in [0.5, 0.6) is 0 Å². The van der Waals surface area contributed by atoms with Crippen LogP contribution in [0.4, 0.5) is 4.79 Å². The Morgan fingerprint density at radius 2 is 1.91 bits per heavy atom. The lowest BCUT2D eigenvalue weighted by Gasteiger charge is -2.20. The van der Waals surface area contributed by atoms with E-state index in [2.05, 4.69) is 11.9 Å². The molecule has 1 amide bonds. The van der Waals surface area contributed by atoms with Gasteiger partial charge in [0.2, 0.25) is 0 Å². The number of carboxylic acids is 1. The third-order valence-corrected chi connectivity index (χ3v) is 2.92. The molecule has 23 heavy (non-hydrogen) atoms. The summed E-state index contributed by atoms with van der Waals surface area (Å²) in [5, 5.41) is 11.3. The van der Waals surface area contributed by atoms with E-state index in [-0.39, 0.29) is 13.2 Å². The molecular weight excluding hydrogens is 302 g/mol. The summed E-state index contributed by atoms with van der Waals surface area (Å²) in [6, 6.07) is 7.38. The van der Waals surface area contributed by atoms with Gasteiger partial charge in [-0.25, -0.2) is 9.59 Å². The summed E-state index contributed by atoms with van der Waals surface area (Å²) < 4.78 is 9.71. The number of alkyl carbamates (subject to hydrolysis) is 1. The molecule has 0 aromatic heterocycles. The molecule has 1 aromatic rings. The van der Waals surface area contributed by atoms with Gasteiger partial charge in [-0.2, -0.15) is 0 Å². The van der Waals surface area contributed by atoms with Crippen LogP contribution in [0.1, 0.15) is 12.5 Å². The van der Waals surface area contributed by atoms with Crippen molar-refractivity contribution in [3.8, 4) is 0 Å². The van der Waals surface area contributed by atoms with Crippen molar-refractivity contribution in [1.82, 2.24) is 5.32 Å². The van der Waals surface area contributed by atoms with Crippen LogP contribution in [0.15, 0.2) is 43.0 Å². The largest absolute Gasteiger partial charge is 0.480 e. The van der Waals surface area contributed by atoms with E-state index in [1.807, 2.05) is 6.07 Å². The standard InChI is InChI=1S/C16H19NO6/c1-3-12(15(20)22-4-2)13(14(18)19)17-16(21)23-10-11-8-6-5-7-9-11/h3,5-9,12-13H,1,4,10H2,2H3,(H,17,21)(H,18,19)/t12-,13-/m1/s1. The van der Waals surface area contributed by atoms with Gasteiger partial charge in [0.05, 0.1) is 6.61 Å². The Morgan fingerprint density at radius 3 is 2.43 bits per heavy atom. The predicted molar refractivity (Wildman–Crippen MR) is 81.5 cm³/mol. The average Bonchev–Trinajstić information content (AvgIpc) is 2.53. The molecule has 0 heterocycles. The first-order valence-corrected chi connectivity index (χ1v) is 6.98. The number of esters is 1. The Balaban J connectivity index is 2.67. The molecule has 0 unspecified atom stereocenters. The van der Waals surface area contributed by atoms with E-state index < -0.39 is 30.0 Å². The van der Waals surface area contributed by atoms with Crippen LogP contribution in [0.3, 0.4) is 0 Å². The molecule has 1 rings (SSSR count). The number of nitrogens with one attached hydrogen (secondary N) is 1. The molecule has 0 saturated carbocycles. The van der Waals surface area contributed by atoms with E-state index in [0.29, 0.717) is 0 Å². The molecule has 7 heteroatoms. The number of rotatable bonds is 8. The summed E-state index contributed by atoms with van der Waals surface area (Å²) in [7, 11) is 0. The second-order valence-electron chi connectivity index (χ2n) is 4.54. The predicted octanol–water partition coefficient (Wildman–Crippen LogP) is 1.73. The van der Waals surface area contributed by atoms with E-state index >= 15 is 0 Å². The Morgan fingerprint density at radius 1 is 1.26 bits per heavy atom. The van der Waals surface area contributed by atoms with Crippen LogP contribution in [0, 0.1) is 5.92 Å². The maximum absolute atomic E-state index is 11.7. The molecule has 1 aromatic carbocycles. The van der Waals surface area contributed by atoms with Crippen LogP contribution in [-0.2, 0) is 25.7 Å². The zero-order valence-electron chi connectivity index (χ0n) is 12.7. The highest BCUT2D eigenvalue weighted by atomic mass is 16.5. The molecule has 0 fully saturated rings. The smallest absolute Gasteiger partial charge is 0.408 e. The van der Waals surface area contributed by atoms with Gasteiger partial charge >= 0.3 is 18.0 Å². The van der Waals surface area contributed by atoms with Crippen molar-refractivity contribution < 1.29 is 29.0 Å². The van der Waals surface area contributed by atoms with Crippen molar-refractivity contribution in [3.05, 3.63) is 48.6 Å². The van der Waals surface area contributed by atoms with Gasteiger partial charge in [-0.1, -0.05) is 36.4 Å². The fourth-order valence-electron chi connectivity index (χ4n) is 1.80. The Labute approximate surface area is 133 Å². The number of benzene rings is 1. The van der Waals surface area contributed by atoms with Crippen LogP contribution < -0.4 is 5.32 Å². The second kappa shape index (κ2) is 9.24. The molecule has 124 valence electrons. The van der Waals surface area contributed by atoms with Gasteiger partial charge in [0.1, 0.15) is 18.6 Å². The summed E-state index contributed by atoms with van der Waals surface area (Å²) in [5.41, 5.74) is 0.750. The molecule has 7 nitrogen and oxygen atoms in total. The number of carboxylic acid groups (broad SMARTS) is 1. The van der Waals surface area contributed by atoms with Crippen molar-refractivity contribution >= 4 is 18.0 Å². The number of carbonyl (C=O) groups is 3. The van der Waals surface area contributed by atoms with Gasteiger partial charge in [-0.15, -0.1) is 6.58 Å². The lowest BCUT2D eigenvalue weighted by atomic mass is 10.0. The number of amides is 1. The van der Waals surface area contributed by atoms with E-state index in [4.69, 9.17) is 9.47 Å². The quantitative estimate of drug-likeness (QED) is 0.558. The Hall–Kier alpha value is -2.83. The topological polar surface area (TPSA) is 102 Å². The van der Waals surface area contributed by atoms with Crippen LogP contribution >= 0.6 is 0 Å². The summed E-state index contributed by atoms with van der Waals surface area (Å²) in [6.07, 6.45) is 0.172. The second-order valence-corrected chi connectivity index (χ2v) is 4.54. The molecule has 0 radical (unpaired) electrons. The maximum atomic E-state index is 11.7. The fourth-order valence-corrected chi connectivity index (χ4v) is 1.80. The van der Waals surface area contributed by atoms with Crippen LogP contribution in [0.25, 0.3) is 0 Å². The zero-order chi connectivity index (χ0) is 17.2. The van der Waals surface area contributed by atoms with Gasteiger partial charge in [0.25, 0.3) is 0 Å². The first-order valence-electron chi connectivity index (χ1n) is 6.98. The highest BCUT2D eigenvalue weighted by Crippen LogP contribution is 2.10. The fraction of sp³-hybridized carbons (Fsp3) is 0.312. The third kappa shape index (κ3) is 5.82. The number of hydrogen-bond acceptors (Lipinski definition) is 5. The van der Waals surface area contributed by atoms with Gasteiger partial charge in [0.15, 0.2) is 0 Å². The van der Waals surface area contributed by atoms with Crippen molar-refractivity contribution in [3.63, 3.8) is 0 Å². The number of hydrogen-bond donors (Lipinski definition) is 2.